The van der Waals surface area contributed by atoms with Gasteiger partial charge < -0.3 is 14.4 Å². The van der Waals surface area contributed by atoms with Gasteiger partial charge in [-0.15, -0.1) is 0 Å². The topological polar surface area (TPSA) is 76.1 Å². The second-order valence-corrected chi connectivity index (χ2v) is 10.7. The first-order valence-electron chi connectivity index (χ1n) is 11.0. The van der Waals surface area contributed by atoms with E-state index < -0.39 is 10.0 Å². The number of methoxy groups -OCH3 is 2. The summed E-state index contributed by atoms with van der Waals surface area (Å²) in [4.78, 5) is 15.5. The van der Waals surface area contributed by atoms with E-state index in [1.165, 1.54) is 24.6 Å². The molecule has 0 radical (unpaired) electrons. The summed E-state index contributed by atoms with van der Waals surface area (Å²) < 4.78 is 39.3. The van der Waals surface area contributed by atoms with Crippen molar-refractivity contribution >= 4 is 15.9 Å². The Bertz CT molecular complexity index is 889. The fourth-order valence-electron chi connectivity index (χ4n) is 5.61. The van der Waals surface area contributed by atoms with Crippen LogP contribution in [0.2, 0.25) is 0 Å². The van der Waals surface area contributed by atoms with Crippen molar-refractivity contribution in [2.75, 3.05) is 27.3 Å². The fraction of sp³-hybridized carbons (Fsp3) is 0.682. The lowest BCUT2D eigenvalue weighted by Crippen LogP contribution is -2.68. The number of carbonyl (C=O) groups excluding carboxylic acids is 1. The highest BCUT2D eigenvalue weighted by atomic mass is 32.2. The summed E-state index contributed by atoms with van der Waals surface area (Å²) in [5.41, 5.74) is -0.387. The van der Waals surface area contributed by atoms with Crippen LogP contribution in [0.5, 0.6) is 11.5 Å². The van der Waals surface area contributed by atoms with E-state index in [1.54, 1.807) is 12.1 Å². The van der Waals surface area contributed by atoms with Gasteiger partial charge in [-0.1, -0.05) is 32.1 Å². The number of piperazine rings is 1. The molecule has 0 bridgehead atoms. The fourth-order valence-corrected chi connectivity index (χ4v) is 7.25. The van der Waals surface area contributed by atoms with Gasteiger partial charge in [-0.25, -0.2) is 8.42 Å². The largest absolute Gasteiger partial charge is 0.497 e. The predicted molar refractivity (Wildman–Crippen MR) is 113 cm³/mol. The Hall–Kier alpha value is -1.80. The van der Waals surface area contributed by atoms with Gasteiger partial charge in [-0.2, -0.15) is 4.31 Å². The Kier molecular flexibility index (Phi) is 5.99. The highest BCUT2D eigenvalue weighted by Crippen LogP contribution is 2.43. The molecule has 1 amide bonds. The van der Waals surface area contributed by atoms with E-state index >= 15 is 0 Å². The number of ether oxygens (including phenoxy) is 2. The third-order valence-electron chi connectivity index (χ3n) is 7.02. The lowest BCUT2D eigenvalue weighted by Gasteiger charge is -2.54. The zero-order chi connectivity index (χ0) is 21.4. The van der Waals surface area contributed by atoms with E-state index in [2.05, 4.69) is 4.90 Å². The zero-order valence-corrected chi connectivity index (χ0v) is 18.7. The van der Waals surface area contributed by atoms with E-state index in [-0.39, 0.29) is 34.7 Å². The van der Waals surface area contributed by atoms with Crippen LogP contribution in [0.3, 0.4) is 0 Å². The molecule has 8 heteroatoms. The van der Waals surface area contributed by atoms with Crippen LogP contribution in [0, 0.1) is 0 Å². The summed E-state index contributed by atoms with van der Waals surface area (Å²) in [6.45, 7) is 0.249. The van der Waals surface area contributed by atoms with E-state index in [4.69, 9.17) is 9.47 Å². The van der Waals surface area contributed by atoms with Crippen LogP contribution >= 0.6 is 0 Å². The van der Waals surface area contributed by atoms with Gasteiger partial charge in [-0.3, -0.25) is 4.79 Å². The standard InChI is InChI=1S/C22H32N2O5S/c1-28-18-10-11-19(29-2)20(14-18)30(26,27)23-15-21(25)24(17-8-4-5-9-17)22(16-23)12-6-3-7-13-22/h10-11,14,17H,3-9,12-13,15-16H2,1-2H3. The van der Waals surface area contributed by atoms with Crippen LogP contribution in [-0.4, -0.2) is 62.4 Å². The van der Waals surface area contributed by atoms with Gasteiger partial charge in [-0.05, 0) is 37.8 Å². The van der Waals surface area contributed by atoms with Crippen molar-refractivity contribution in [3.8, 4) is 11.5 Å². The second-order valence-electron chi connectivity index (χ2n) is 8.78. The Morgan fingerprint density at radius 3 is 2.33 bits per heavy atom. The molecule has 1 heterocycles. The van der Waals surface area contributed by atoms with Gasteiger partial charge in [0, 0.05) is 18.7 Å². The third-order valence-corrected chi connectivity index (χ3v) is 8.84. The molecule has 7 nitrogen and oxygen atoms in total. The van der Waals surface area contributed by atoms with Crippen molar-refractivity contribution in [3.63, 3.8) is 0 Å². The van der Waals surface area contributed by atoms with Crippen molar-refractivity contribution in [1.29, 1.82) is 0 Å². The van der Waals surface area contributed by atoms with Crippen molar-refractivity contribution in [1.82, 2.24) is 9.21 Å². The molecule has 0 unspecified atom stereocenters. The van der Waals surface area contributed by atoms with Crippen LogP contribution in [0.1, 0.15) is 57.8 Å². The normalized spacial score (nSPS) is 23.1. The molecule has 0 aromatic heterocycles. The zero-order valence-electron chi connectivity index (χ0n) is 17.9. The van der Waals surface area contributed by atoms with E-state index in [0.717, 1.165) is 57.8 Å². The molecule has 1 aromatic rings. The molecular weight excluding hydrogens is 404 g/mol. The molecule has 1 aliphatic heterocycles. The van der Waals surface area contributed by atoms with Crippen LogP contribution in [0.4, 0.5) is 0 Å². The number of benzene rings is 1. The molecule has 3 fully saturated rings. The van der Waals surface area contributed by atoms with Crippen LogP contribution in [-0.2, 0) is 14.8 Å². The van der Waals surface area contributed by atoms with E-state index in [1.807, 2.05) is 0 Å². The Labute approximate surface area is 179 Å². The maximum atomic E-state index is 13.7. The quantitative estimate of drug-likeness (QED) is 0.709. The summed E-state index contributed by atoms with van der Waals surface area (Å²) in [6, 6.07) is 5.00. The van der Waals surface area contributed by atoms with Crippen molar-refractivity contribution in [3.05, 3.63) is 18.2 Å². The number of sulfonamides is 1. The average Bonchev–Trinajstić information content (AvgIpc) is 3.27. The Morgan fingerprint density at radius 1 is 1.00 bits per heavy atom. The molecule has 166 valence electrons. The van der Waals surface area contributed by atoms with Gasteiger partial charge in [0.25, 0.3) is 0 Å². The van der Waals surface area contributed by atoms with Crippen molar-refractivity contribution in [2.24, 2.45) is 0 Å². The van der Waals surface area contributed by atoms with Gasteiger partial charge in [0.15, 0.2) is 0 Å². The number of hydrogen-bond acceptors (Lipinski definition) is 5. The van der Waals surface area contributed by atoms with Gasteiger partial charge in [0.05, 0.1) is 26.3 Å². The lowest BCUT2D eigenvalue weighted by molar-refractivity contribution is -0.150. The molecule has 1 saturated heterocycles. The monoisotopic (exact) mass is 436 g/mol. The minimum Gasteiger partial charge on any atom is -0.497 e. The minimum absolute atomic E-state index is 0.0532. The second kappa shape index (κ2) is 8.38. The van der Waals surface area contributed by atoms with Crippen molar-refractivity contribution < 1.29 is 22.7 Å². The minimum atomic E-state index is -3.91. The molecule has 2 saturated carbocycles. The van der Waals surface area contributed by atoms with E-state index in [9.17, 15) is 13.2 Å². The van der Waals surface area contributed by atoms with Gasteiger partial charge in [0.1, 0.15) is 16.4 Å². The van der Waals surface area contributed by atoms with E-state index in [0.29, 0.717) is 12.3 Å². The predicted octanol–water partition coefficient (Wildman–Crippen LogP) is 3.18. The maximum absolute atomic E-state index is 13.7. The Morgan fingerprint density at radius 2 is 1.70 bits per heavy atom. The van der Waals surface area contributed by atoms with Crippen LogP contribution in [0.25, 0.3) is 0 Å². The summed E-state index contributed by atoms with van der Waals surface area (Å²) in [5, 5.41) is 0. The summed E-state index contributed by atoms with van der Waals surface area (Å²) in [5.74, 6) is 0.650. The molecule has 3 aliphatic rings. The first kappa shape index (κ1) is 21.4. The molecule has 4 rings (SSSR count). The molecule has 1 aromatic carbocycles. The highest BCUT2D eigenvalue weighted by molar-refractivity contribution is 7.89. The number of hydrogen-bond donors (Lipinski definition) is 0. The number of nitrogens with zero attached hydrogens (tertiary/aromatic N) is 2. The van der Waals surface area contributed by atoms with Gasteiger partial charge >= 0.3 is 0 Å². The van der Waals surface area contributed by atoms with Gasteiger partial charge in [0.2, 0.25) is 15.9 Å². The number of carbonyl (C=O) groups is 1. The molecule has 2 aliphatic carbocycles. The highest BCUT2D eigenvalue weighted by Gasteiger charge is 2.51. The molecule has 0 atom stereocenters. The smallest absolute Gasteiger partial charge is 0.247 e. The first-order valence-corrected chi connectivity index (χ1v) is 12.4. The summed E-state index contributed by atoms with van der Waals surface area (Å²) in [7, 11) is -0.962. The Balaban J connectivity index is 1.71. The lowest BCUT2D eigenvalue weighted by atomic mass is 9.78. The molecular formula is C22H32N2O5S. The number of amides is 1. The summed E-state index contributed by atoms with van der Waals surface area (Å²) in [6.07, 6.45) is 9.31. The third kappa shape index (κ3) is 3.68. The first-order chi connectivity index (χ1) is 14.4. The molecule has 30 heavy (non-hydrogen) atoms. The number of rotatable bonds is 5. The maximum Gasteiger partial charge on any atom is 0.247 e. The summed E-state index contributed by atoms with van der Waals surface area (Å²) >= 11 is 0. The average molecular weight is 437 g/mol. The van der Waals surface area contributed by atoms with Crippen LogP contribution < -0.4 is 9.47 Å². The van der Waals surface area contributed by atoms with Crippen LogP contribution in [0.15, 0.2) is 23.1 Å². The SMILES string of the molecule is COc1ccc(OC)c(S(=O)(=O)N2CC(=O)N(C3CCCC3)C3(CCCCC3)C2)c1. The molecule has 1 spiro atoms. The van der Waals surface area contributed by atoms with Crippen molar-refractivity contribution in [2.45, 2.75) is 74.3 Å². The molecule has 0 N–H and O–H groups in total.